The van der Waals surface area contributed by atoms with E-state index in [1.807, 2.05) is 0 Å². The number of amides is 2. The quantitative estimate of drug-likeness (QED) is 0.595. The van der Waals surface area contributed by atoms with Gasteiger partial charge in [0.25, 0.3) is 0 Å². The number of para-hydroxylation sites is 1. The maximum atomic E-state index is 13.5. The predicted octanol–water partition coefficient (Wildman–Crippen LogP) is 4.04. The number of carbonyl (C=O) groups is 3. The Bertz CT molecular complexity index is 1170. The largest absolute Gasteiger partial charge is 0.465 e. The lowest BCUT2D eigenvalue weighted by Crippen LogP contribution is -2.21. The highest BCUT2D eigenvalue weighted by Gasteiger charge is 2.34. The van der Waals surface area contributed by atoms with Crippen molar-refractivity contribution in [3.8, 4) is 0 Å². The molecule has 0 spiro atoms. The SMILES string of the molecule is COC(=O)c1cn(CC(=O)Nc2ccc(NC(C)=O)cc2C(F)(F)F)c2ccccc12. The molecular formula is C21H18F3N3O4. The number of anilines is 2. The summed E-state index contributed by atoms with van der Waals surface area (Å²) in [5, 5.41) is 5.09. The van der Waals surface area contributed by atoms with Crippen LogP contribution >= 0.6 is 0 Å². The first-order valence-electron chi connectivity index (χ1n) is 9.05. The first kappa shape index (κ1) is 21.9. The minimum Gasteiger partial charge on any atom is -0.465 e. The van der Waals surface area contributed by atoms with Gasteiger partial charge in [0.05, 0.1) is 23.9 Å². The zero-order chi connectivity index (χ0) is 22.8. The Kier molecular flexibility index (Phi) is 6.00. The number of rotatable bonds is 5. The van der Waals surface area contributed by atoms with Crippen molar-refractivity contribution < 1.29 is 32.3 Å². The molecule has 0 atom stereocenters. The number of halogens is 3. The van der Waals surface area contributed by atoms with E-state index >= 15 is 0 Å². The van der Waals surface area contributed by atoms with Gasteiger partial charge in [-0.05, 0) is 24.3 Å². The second-order valence-electron chi connectivity index (χ2n) is 6.67. The summed E-state index contributed by atoms with van der Waals surface area (Å²) in [6.45, 7) is 0.842. The van der Waals surface area contributed by atoms with Crippen molar-refractivity contribution in [3.63, 3.8) is 0 Å². The molecular weight excluding hydrogens is 415 g/mol. The third-order valence-electron chi connectivity index (χ3n) is 4.43. The number of nitrogens with one attached hydrogen (secondary N) is 2. The van der Waals surface area contributed by atoms with Crippen LogP contribution in [-0.2, 0) is 27.0 Å². The molecule has 3 rings (SSSR count). The van der Waals surface area contributed by atoms with Gasteiger partial charge in [-0.1, -0.05) is 18.2 Å². The molecule has 0 aliphatic carbocycles. The molecule has 0 bridgehead atoms. The van der Waals surface area contributed by atoms with Crippen molar-refractivity contribution in [1.82, 2.24) is 4.57 Å². The smallest absolute Gasteiger partial charge is 0.418 e. The van der Waals surface area contributed by atoms with Gasteiger partial charge in [0, 0.05) is 29.7 Å². The fourth-order valence-corrected chi connectivity index (χ4v) is 3.16. The van der Waals surface area contributed by atoms with Gasteiger partial charge in [-0.15, -0.1) is 0 Å². The van der Waals surface area contributed by atoms with E-state index in [9.17, 15) is 27.6 Å². The third kappa shape index (κ3) is 4.85. The molecule has 162 valence electrons. The number of ether oxygens (including phenoxy) is 1. The molecule has 0 saturated carbocycles. The molecule has 1 heterocycles. The normalized spacial score (nSPS) is 11.3. The van der Waals surface area contributed by atoms with Gasteiger partial charge in [0.15, 0.2) is 0 Å². The number of benzene rings is 2. The molecule has 31 heavy (non-hydrogen) atoms. The van der Waals surface area contributed by atoms with Crippen LogP contribution < -0.4 is 10.6 Å². The third-order valence-corrected chi connectivity index (χ3v) is 4.43. The summed E-state index contributed by atoms with van der Waals surface area (Å²) >= 11 is 0. The molecule has 0 fully saturated rings. The Balaban J connectivity index is 1.89. The number of nitrogens with zero attached hydrogens (tertiary/aromatic N) is 1. The van der Waals surface area contributed by atoms with Gasteiger partial charge in [-0.2, -0.15) is 13.2 Å². The molecule has 2 amide bonds. The van der Waals surface area contributed by atoms with E-state index in [1.165, 1.54) is 30.9 Å². The fraction of sp³-hybridized carbons (Fsp3) is 0.190. The van der Waals surface area contributed by atoms with E-state index in [-0.39, 0.29) is 17.8 Å². The van der Waals surface area contributed by atoms with Gasteiger partial charge in [0.1, 0.15) is 6.54 Å². The number of fused-ring (bicyclic) bond motifs is 1. The van der Waals surface area contributed by atoms with E-state index in [4.69, 9.17) is 4.74 Å². The molecule has 0 unspecified atom stereocenters. The maximum Gasteiger partial charge on any atom is 0.418 e. The van der Waals surface area contributed by atoms with Gasteiger partial charge < -0.3 is 19.9 Å². The van der Waals surface area contributed by atoms with Crippen LogP contribution in [0.5, 0.6) is 0 Å². The predicted molar refractivity (Wildman–Crippen MR) is 108 cm³/mol. The van der Waals surface area contributed by atoms with Crippen LogP contribution in [0.25, 0.3) is 10.9 Å². The summed E-state index contributed by atoms with van der Waals surface area (Å²) in [6.07, 6.45) is -3.34. The molecule has 0 saturated heterocycles. The monoisotopic (exact) mass is 433 g/mol. The number of esters is 1. The Morgan fingerprint density at radius 1 is 1.06 bits per heavy atom. The van der Waals surface area contributed by atoms with E-state index < -0.39 is 35.2 Å². The minimum atomic E-state index is -4.75. The number of hydrogen-bond donors (Lipinski definition) is 2. The lowest BCUT2D eigenvalue weighted by molar-refractivity contribution is -0.137. The number of methoxy groups -OCH3 is 1. The Hall–Kier alpha value is -3.82. The second kappa shape index (κ2) is 8.50. The number of hydrogen-bond acceptors (Lipinski definition) is 4. The van der Waals surface area contributed by atoms with Gasteiger partial charge in [-0.3, -0.25) is 9.59 Å². The van der Waals surface area contributed by atoms with Gasteiger partial charge in [0.2, 0.25) is 11.8 Å². The minimum absolute atomic E-state index is 0.0445. The zero-order valence-electron chi connectivity index (χ0n) is 16.5. The first-order chi connectivity index (χ1) is 14.6. The Labute approximate surface area is 174 Å². The van der Waals surface area contributed by atoms with E-state index in [0.717, 1.165) is 12.1 Å². The van der Waals surface area contributed by atoms with Crippen LogP contribution in [0.1, 0.15) is 22.8 Å². The fourth-order valence-electron chi connectivity index (χ4n) is 3.16. The van der Waals surface area contributed by atoms with E-state index in [2.05, 4.69) is 10.6 Å². The van der Waals surface area contributed by atoms with Crippen molar-refractivity contribution >= 4 is 40.1 Å². The molecule has 2 N–H and O–H groups in total. The summed E-state index contributed by atoms with van der Waals surface area (Å²) in [4.78, 5) is 35.6. The lowest BCUT2D eigenvalue weighted by atomic mass is 10.1. The molecule has 7 nitrogen and oxygen atoms in total. The van der Waals surface area contributed by atoms with E-state index in [0.29, 0.717) is 10.9 Å². The van der Waals surface area contributed by atoms with Crippen LogP contribution in [0.3, 0.4) is 0 Å². The summed E-state index contributed by atoms with van der Waals surface area (Å²) < 4.78 is 46.6. The highest BCUT2D eigenvalue weighted by molar-refractivity contribution is 6.05. The summed E-state index contributed by atoms with van der Waals surface area (Å²) in [6, 6.07) is 9.85. The average molecular weight is 433 g/mol. The zero-order valence-corrected chi connectivity index (χ0v) is 16.5. The van der Waals surface area contributed by atoms with Crippen molar-refractivity contribution in [3.05, 3.63) is 59.8 Å². The average Bonchev–Trinajstić information content (AvgIpc) is 3.06. The van der Waals surface area contributed by atoms with Crippen molar-refractivity contribution in [1.29, 1.82) is 0 Å². The maximum absolute atomic E-state index is 13.5. The van der Waals surface area contributed by atoms with Crippen molar-refractivity contribution in [2.45, 2.75) is 19.6 Å². The Morgan fingerprint density at radius 3 is 2.42 bits per heavy atom. The molecule has 1 aromatic heterocycles. The van der Waals surface area contributed by atoms with Crippen LogP contribution in [0.15, 0.2) is 48.7 Å². The number of aromatic nitrogens is 1. The van der Waals surface area contributed by atoms with E-state index in [1.54, 1.807) is 24.3 Å². The molecule has 2 aromatic carbocycles. The standard InChI is InChI=1S/C21H18F3N3O4/c1-12(28)25-13-7-8-17(16(9-13)21(22,23)24)26-19(29)11-27-10-15(20(30)31-2)14-5-3-4-6-18(14)27/h3-10H,11H2,1-2H3,(H,25,28)(H,26,29). The molecule has 0 aliphatic heterocycles. The number of carbonyl (C=O) groups excluding carboxylic acids is 3. The molecule has 0 radical (unpaired) electrons. The van der Waals surface area contributed by atoms with Gasteiger partial charge >= 0.3 is 12.1 Å². The van der Waals surface area contributed by atoms with Crippen LogP contribution in [0, 0.1) is 0 Å². The Morgan fingerprint density at radius 2 is 1.77 bits per heavy atom. The summed E-state index contributed by atoms with van der Waals surface area (Å²) in [5.74, 6) is -1.84. The second-order valence-corrected chi connectivity index (χ2v) is 6.67. The highest BCUT2D eigenvalue weighted by Crippen LogP contribution is 2.36. The van der Waals surface area contributed by atoms with Crippen molar-refractivity contribution in [2.75, 3.05) is 17.7 Å². The molecule has 3 aromatic rings. The van der Waals surface area contributed by atoms with Crippen LogP contribution in [-0.4, -0.2) is 29.5 Å². The molecule has 10 heteroatoms. The highest BCUT2D eigenvalue weighted by atomic mass is 19.4. The number of alkyl halides is 3. The van der Waals surface area contributed by atoms with Crippen LogP contribution in [0.4, 0.5) is 24.5 Å². The van der Waals surface area contributed by atoms with Crippen LogP contribution in [0.2, 0.25) is 0 Å². The lowest BCUT2D eigenvalue weighted by Gasteiger charge is -2.16. The first-order valence-corrected chi connectivity index (χ1v) is 9.05. The summed E-state index contributed by atoms with van der Waals surface area (Å²) in [5.41, 5.74) is -0.801. The topological polar surface area (TPSA) is 89.4 Å². The molecule has 0 aliphatic rings. The summed E-state index contributed by atoms with van der Waals surface area (Å²) in [7, 11) is 1.23. The van der Waals surface area contributed by atoms with Crippen molar-refractivity contribution in [2.24, 2.45) is 0 Å². The van der Waals surface area contributed by atoms with Gasteiger partial charge in [-0.25, -0.2) is 4.79 Å².